The van der Waals surface area contributed by atoms with E-state index in [-0.39, 0.29) is 5.97 Å². The van der Waals surface area contributed by atoms with Crippen molar-refractivity contribution >= 4 is 27.5 Å². The SMILES string of the molecule is CCOC(=O)c1cnc2c(Br)c(C)nn2c1CC. The maximum atomic E-state index is 11.8. The van der Waals surface area contributed by atoms with Gasteiger partial charge >= 0.3 is 5.97 Å². The van der Waals surface area contributed by atoms with Gasteiger partial charge in [0.15, 0.2) is 5.65 Å². The number of ether oxygens (including phenoxy) is 1. The Morgan fingerprint density at radius 1 is 1.50 bits per heavy atom. The average molecular weight is 312 g/mol. The highest BCUT2D eigenvalue weighted by molar-refractivity contribution is 9.10. The Morgan fingerprint density at radius 3 is 2.83 bits per heavy atom. The first kappa shape index (κ1) is 13.0. The van der Waals surface area contributed by atoms with Crippen molar-refractivity contribution in [2.24, 2.45) is 0 Å². The number of rotatable bonds is 3. The molecule has 0 radical (unpaired) electrons. The largest absolute Gasteiger partial charge is 0.462 e. The maximum Gasteiger partial charge on any atom is 0.341 e. The number of fused-ring (bicyclic) bond motifs is 1. The summed E-state index contributed by atoms with van der Waals surface area (Å²) in [6.07, 6.45) is 2.23. The van der Waals surface area contributed by atoms with Gasteiger partial charge in [-0.05, 0) is 36.2 Å². The van der Waals surface area contributed by atoms with Gasteiger partial charge in [-0.15, -0.1) is 0 Å². The minimum atomic E-state index is -0.354. The molecular weight excluding hydrogens is 298 g/mol. The van der Waals surface area contributed by atoms with Crippen LogP contribution in [0.2, 0.25) is 0 Å². The van der Waals surface area contributed by atoms with Crippen molar-refractivity contribution in [2.75, 3.05) is 6.61 Å². The molecule has 0 atom stereocenters. The van der Waals surface area contributed by atoms with Crippen LogP contribution in [0.15, 0.2) is 10.7 Å². The molecule has 5 nitrogen and oxygen atoms in total. The summed E-state index contributed by atoms with van der Waals surface area (Å²) in [5, 5.41) is 4.39. The van der Waals surface area contributed by atoms with E-state index in [1.165, 1.54) is 0 Å². The number of nitrogens with zero attached hydrogens (tertiary/aromatic N) is 3. The van der Waals surface area contributed by atoms with Crippen molar-refractivity contribution in [3.8, 4) is 0 Å². The number of esters is 1. The van der Waals surface area contributed by atoms with E-state index in [1.807, 2.05) is 13.8 Å². The van der Waals surface area contributed by atoms with Gasteiger partial charge in [-0.2, -0.15) is 5.10 Å². The van der Waals surface area contributed by atoms with Crippen LogP contribution in [-0.4, -0.2) is 27.2 Å². The standard InChI is InChI=1S/C12H14BrN3O2/c1-4-9-8(12(17)18-5-2)6-14-11-10(13)7(3)15-16(9)11/h6H,4-5H2,1-3H3. The number of aryl methyl sites for hydroxylation is 2. The van der Waals surface area contributed by atoms with Gasteiger partial charge in [0, 0.05) is 6.20 Å². The molecule has 0 bridgehead atoms. The van der Waals surface area contributed by atoms with E-state index in [4.69, 9.17) is 4.74 Å². The summed E-state index contributed by atoms with van der Waals surface area (Å²) in [6.45, 7) is 6.00. The summed E-state index contributed by atoms with van der Waals surface area (Å²) in [4.78, 5) is 16.1. The molecule has 6 heteroatoms. The lowest BCUT2D eigenvalue weighted by molar-refractivity contribution is 0.0523. The first-order valence-electron chi connectivity index (χ1n) is 5.79. The smallest absolute Gasteiger partial charge is 0.341 e. The molecular formula is C12H14BrN3O2. The second kappa shape index (κ2) is 5.06. The van der Waals surface area contributed by atoms with Gasteiger partial charge < -0.3 is 4.74 Å². The number of aromatic nitrogens is 3. The molecule has 0 N–H and O–H groups in total. The number of carbonyl (C=O) groups is 1. The summed E-state index contributed by atoms with van der Waals surface area (Å²) in [5.41, 5.74) is 2.85. The van der Waals surface area contributed by atoms with Crippen LogP contribution in [0.25, 0.3) is 5.65 Å². The van der Waals surface area contributed by atoms with Crippen LogP contribution in [0.1, 0.15) is 35.6 Å². The highest BCUT2D eigenvalue weighted by Gasteiger charge is 2.18. The van der Waals surface area contributed by atoms with Crippen molar-refractivity contribution in [1.82, 2.24) is 14.6 Å². The average Bonchev–Trinajstić information content (AvgIpc) is 2.64. The zero-order valence-corrected chi connectivity index (χ0v) is 12.1. The molecule has 2 rings (SSSR count). The first-order chi connectivity index (χ1) is 8.60. The zero-order chi connectivity index (χ0) is 13.3. The molecule has 2 aromatic rings. The molecule has 0 spiro atoms. The topological polar surface area (TPSA) is 56.5 Å². The molecule has 0 saturated heterocycles. The zero-order valence-electron chi connectivity index (χ0n) is 10.5. The number of hydrogen-bond acceptors (Lipinski definition) is 4. The second-order valence-electron chi connectivity index (χ2n) is 3.83. The van der Waals surface area contributed by atoms with Gasteiger partial charge in [0.25, 0.3) is 0 Å². The number of hydrogen-bond donors (Lipinski definition) is 0. The van der Waals surface area contributed by atoms with E-state index in [0.717, 1.165) is 21.5 Å². The molecule has 18 heavy (non-hydrogen) atoms. The van der Waals surface area contributed by atoms with Gasteiger partial charge in [0.2, 0.25) is 0 Å². The fraction of sp³-hybridized carbons (Fsp3) is 0.417. The highest BCUT2D eigenvalue weighted by Crippen LogP contribution is 2.23. The van der Waals surface area contributed by atoms with Gasteiger partial charge in [0.05, 0.1) is 28.0 Å². The Bertz CT molecular complexity index is 607. The van der Waals surface area contributed by atoms with Crippen LogP contribution < -0.4 is 0 Å². The van der Waals surface area contributed by atoms with E-state index in [0.29, 0.717) is 18.6 Å². The number of halogens is 1. The van der Waals surface area contributed by atoms with Crippen LogP contribution in [0, 0.1) is 6.92 Å². The van der Waals surface area contributed by atoms with Gasteiger partial charge in [0.1, 0.15) is 0 Å². The first-order valence-corrected chi connectivity index (χ1v) is 6.59. The van der Waals surface area contributed by atoms with Crippen molar-refractivity contribution in [2.45, 2.75) is 27.2 Å². The molecule has 0 fully saturated rings. The third-order valence-electron chi connectivity index (χ3n) is 2.68. The lowest BCUT2D eigenvalue weighted by atomic mass is 10.2. The lowest BCUT2D eigenvalue weighted by Crippen LogP contribution is -2.13. The van der Waals surface area contributed by atoms with E-state index in [1.54, 1.807) is 17.6 Å². The van der Waals surface area contributed by atoms with Gasteiger partial charge in [-0.25, -0.2) is 14.3 Å². The van der Waals surface area contributed by atoms with E-state index < -0.39 is 0 Å². The minimum absolute atomic E-state index is 0.349. The monoisotopic (exact) mass is 311 g/mol. The van der Waals surface area contributed by atoms with Crippen LogP contribution in [0.3, 0.4) is 0 Å². The fourth-order valence-corrected chi connectivity index (χ4v) is 2.18. The van der Waals surface area contributed by atoms with Crippen LogP contribution >= 0.6 is 15.9 Å². The molecule has 0 aliphatic carbocycles. The maximum absolute atomic E-state index is 11.8. The Morgan fingerprint density at radius 2 is 2.22 bits per heavy atom. The number of carbonyl (C=O) groups excluding carboxylic acids is 1. The molecule has 2 heterocycles. The molecule has 0 amide bonds. The van der Waals surface area contributed by atoms with E-state index in [9.17, 15) is 4.79 Å². The summed E-state index contributed by atoms with van der Waals surface area (Å²) in [5.74, 6) is -0.354. The van der Waals surface area contributed by atoms with Crippen LogP contribution in [-0.2, 0) is 11.2 Å². The Kier molecular flexibility index (Phi) is 3.65. The minimum Gasteiger partial charge on any atom is -0.462 e. The molecule has 2 aromatic heterocycles. The fourth-order valence-electron chi connectivity index (χ4n) is 1.83. The summed E-state index contributed by atoms with van der Waals surface area (Å²) >= 11 is 3.44. The Balaban J connectivity index is 2.66. The van der Waals surface area contributed by atoms with Crippen molar-refractivity contribution in [3.05, 3.63) is 27.6 Å². The van der Waals surface area contributed by atoms with E-state index in [2.05, 4.69) is 26.0 Å². The summed E-state index contributed by atoms with van der Waals surface area (Å²) < 4.78 is 7.58. The Labute approximate surface area is 113 Å². The molecule has 0 saturated carbocycles. The quantitative estimate of drug-likeness (QED) is 0.817. The Hall–Kier alpha value is -1.43. The predicted molar refractivity (Wildman–Crippen MR) is 70.8 cm³/mol. The molecule has 0 aromatic carbocycles. The molecule has 0 aliphatic heterocycles. The highest BCUT2D eigenvalue weighted by atomic mass is 79.9. The van der Waals surface area contributed by atoms with Crippen molar-refractivity contribution in [3.63, 3.8) is 0 Å². The van der Waals surface area contributed by atoms with Crippen molar-refractivity contribution < 1.29 is 9.53 Å². The second-order valence-corrected chi connectivity index (χ2v) is 4.62. The molecule has 0 unspecified atom stereocenters. The van der Waals surface area contributed by atoms with Crippen LogP contribution in [0.5, 0.6) is 0 Å². The normalized spacial score (nSPS) is 10.9. The summed E-state index contributed by atoms with van der Waals surface area (Å²) in [7, 11) is 0. The third-order valence-corrected chi connectivity index (χ3v) is 3.61. The van der Waals surface area contributed by atoms with Gasteiger partial charge in [-0.1, -0.05) is 6.92 Å². The van der Waals surface area contributed by atoms with Crippen molar-refractivity contribution in [1.29, 1.82) is 0 Å². The third kappa shape index (κ3) is 2.01. The van der Waals surface area contributed by atoms with Gasteiger partial charge in [-0.3, -0.25) is 0 Å². The predicted octanol–water partition coefficient (Wildman–Crippen LogP) is 2.54. The summed E-state index contributed by atoms with van der Waals surface area (Å²) in [6, 6.07) is 0. The van der Waals surface area contributed by atoms with E-state index >= 15 is 0 Å². The molecule has 96 valence electrons. The lowest BCUT2D eigenvalue weighted by Gasteiger charge is -2.08. The molecule has 0 aliphatic rings. The van der Waals surface area contributed by atoms with Crippen LogP contribution in [0.4, 0.5) is 0 Å².